The van der Waals surface area contributed by atoms with Gasteiger partial charge in [-0.15, -0.1) is 11.3 Å². The van der Waals surface area contributed by atoms with Crippen LogP contribution in [0, 0.1) is 0 Å². The molecule has 24 heavy (non-hydrogen) atoms. The second kappa shape index (κ2) is 5.70. The Labute approximate surface area is 144 Å². The summed E-state index contributed by atoms with van der Waals surface area (Å²) in [6, 6.07) is 12.4. The molecule has 0 unspecified atom stereocenters. The van der Waals surface area contributed by atoms with E-state index in [4.69, 9.17) is 5.73 Å². The quantitative estimate of drug-likeness (QED) is 0.573. The van der Waals surface area contributed by atoms with Gasteiger partial charge in [0.05, 0.1) is 16.3 Å². The second-order valence-electron chi connectivity index (χ2n) is 5.07. The van der Waals surface area contributed by atoms with Crippen molar-refractivity contribution in [1.29, 1.82) is 0 Å². The molecule has 0 saturated carbocycles. The largest absolute Gasteiger partial charge is 0.390 e. The summed E-state index contributed by atoms with van der Waals surface area (Å²) in [5, 5.41) is 3.19. The van der Waals surface area contributed by atoms with E-state index in [9.17, 15) is 9.59 Å². The van der Waals surface area contributed by atoms with E-state index in [1.54, 1.807) is 22.2 Å². The monoisotopic (exact) mass is 353 g/mol. The number of aromatic nitrogens is 2. The molecule has 0 amide bonds. The van der Waals surface area contributed by atoms with E-state index in [-0.39, 0.29) is 11.3 Å². The SMILES string of the molecule is Nc1sc2c(ccc(=O)n2-c2ccccc2)c1C(=O)c1nccs1. The smallest absolute Gasteiger partial charge is 0.256 e. The van der Waals surface area contributed by atoms with Gasteiger partial charge in [0.25, 0.3) is 5.56 Å². The summed E-state index contributed by atoms with van der Waals surface area (Å²) < 4.78 is 1.58. The van der Waals surface area contributed by atoms with Crippen molar-refractivity contribution in [3.8, 4) is 5.69 Å². The maximum absolute atomic E-state index is 12.7. The Morgan fingerprint density at radius 1 is 1.12 bits per heavy atom. The van der Waals surface area contributed by atoms with Crippen LogP contribution in [0.5, 0.6) is 0 Å². The average Bonchev–Trinajstić information content (AvgIpc) is 3.22. The number of carbonyl (C=O) groups excluding carboxylic acids is 1. The van der Waals surface area contributed by atoms with Crippen LogP contribution >= 0.6 is 22.7 Å². The molecule has 0 bridgehead atoms. The zero-order chi connectivity index (χ0) is 16.7. The lowest BCUT2D eigenvalue weighted by atomic mass is 10.1. The van der Waals surface area contributed by atoms with E-state index >= 15 is 0 Å². The topological polar surface area (TPSA) is 78.0 Å². The van der Waals surface area contributed by atoms with Crippen LogP contribution in [0.2, 0.25) is 0 Å². The number of thiazole rings is 1. The summed E-state index contributed by atoms with van der Waals surface area (Å²) in [7, 11) is 0. The lowest BCUT2D eigenvalue weighted by Crippen LogP contribution is -2.16. The first-order valence-electron chi connectivity index (χ1n) is 7.10. The van der Waals surface area contributed by atoms with E-state index in [0.717, 1.165) is 5.69 Å². The van der Waals surface area contributed by atoms with Crippen molar-refractivity contribution < 1.29 is 4.79 Å². The van der Waals surface area contributed by atoms with Gasteiger partial charge in [0.15, 0.2) is 5.01 Å². The molecule has 0 spiro atoms. The Morgan fingerprint density at radius 2 is 1.92 bits per heavy atom. The van der Waals surface area contributed by atoms with Gasteiger partial charge < -0.3 is 5.73 Å². The molecule has 2 N–H and O–H groups in total. The number of carbonyl (C=O) groups is 1. The Balaban J connectivity index is 2.01. The summed E-state index contributed by atoms with van der Waals surface area (Å²) in [6.07, 6.45) is 1.59. The van der Waals surface area contributed by atoms with Crippen LogP contribution < -0.4 is 11.3 Å². The minimum atomic E-state index is -0.216. The van der Waals surface area contributed by atoms with Crippen LogP contribution in [0.25, 0.3) is 15.9 Å². The maximum atomic E-state index is 12.7. The highest BCUT2D eigenvalue weighted by Crippen LogP contribution is 2.35. The van der Waals surface area contributed by atoms with Gasteiger partial charge in [-0.25, -0.2) is 4.98 Å². The molecule has 0 fully saturated rings. The van der Waals surface area contributed by atoms with Crippen molar-refractivity contribution >= 4 is 43.7 Å². The molecule has 1 aromatic carbocycles. The molecule has 4 aromatic rings. The third kappa shape index (κ3) is 2.26. The number of pyridine rings is 1. The van der Waals surface area contributed by atoms with Crippen molar-refractivity contribution in [1.82, 2.24) is 9.55 Å². The third-order valence-electron chi connectivity index (χ3n) is 3.64. The minimum absolute atomic E-state index is 0.164. The van der Waals surface area contributed by atoms with Crippen LogP contribution in [-0.2, 0) is 0 Å². The molecule has 5 nitrogen and oxygen atoms in total. The molecule has 3 heterocycles. The minimum Gasteiger partial charge on any atom is -0.390 e. The van der Waals surface area contributed by atoms with Crippen LogP contribution in [-0.4, -0.2) is 15.3 Å². The summed E-state index contributed by atoms with van der Waals surface area (Å²) in [4.78, 5) is 29.8. The lowest BCUT2D eigenvalue weighted by molar-refractivity contribution is 0.104. The number of para-hydroxylation sites is 1. The zero-order valence-corrected chi connectivity index (χ0v) is 13.9. The Morgan fingerprint density at radius 3 is 2.62 bits per heavy atom. The number of nitrogen functional groups attached to an aromatic ring is 1. The first kappa shape index (κ1) is 14.8. The van der Waals surface area contributed by atoms with Gasteiger partial charge in [0.1, 0.15) is 4.83 Å². The number of fused-ring (bicyclic) bond motifs is 1. The van der Waals surface area contributed by atoms with E-state index in [0.29, 0.717) is 25.8 Å². The van der Waals surface area contributed by atoms with Gasteiger partial charge in [-0.05, 0) is 18.2 Å². The number of hydrogen-bond acceptors (Lipinski definition) is 6. The molecule has 0 saturated heterocycles. The van der Waals surface area contributed by atoms with Crippen molar-refractivity contribution in [3.05, 3.63) is 75.0 Å². The van der Waals surface area contributed by atoms with Gasteiger partial charge >= 0.3 is 0 Å². The van der Waals surface area contributed by atoms with Crippen LogP contribution in [0.15, 0.2) is 58.8 Å². The molecule has 3 aromatic heterocycles. The Hall–Kier alpha value is -2.77. The molecule has 0 aliphatic rings. The summed E-state index contributed by atoms with van der Waals surface area (Å²) in [5.74, 6) is -0.216. The van der Waals surface area contributed by atoms with Gasteiger partial charge in [-0.2, -0.15) is 0 Å². The first-order valence-corrected chi connectivity index (χ1v) is 8.80. The molecule has 0 atom stereocenters. The fraction of sp³-hybridized carbons (Fsp3) is 0. The summed E-state index contributed by atoms with van der Waals surface area (Å²) in [6.45, 7) is 0. The highest BCUT2D eigenvalue weighted by molar-refractivity contribution is 7.23. The number of anilines is 1. The summed E-state index contributed by atoms with van der Waals surface area (Å²) in [5.41, 5.74) is 7.10. The summed E-state index contributed by atoms with van der Waals surface area (Å²) >= 11 is 2.51. The van der Waals surface area contributed by atoms with Crippen molar-refractivity contribution in [3.63, 3.8) is 0 Å². The van der Waals surface area contributed by atoms with Crippen LogP contribution in [0.3, 0.4) is 0 Å². The number of benzene rings is 1. The number of rotatable bonds is 3. The van der Waals surface area contributed by atoms with Gasteiger partial charge in [0.2, 0.25) is 5.78 Å². The molecule has 4 rings (SSSR count). The molecule has 0 radical (unpaired) electrons. The standard InChI is InChI=1S/C17H11N3O2S2/c18-15-13(14(22)16-19-8-9-23-16)11-6-7-12(21)20(17(11)24-15)10-4-2-1-3-5-10/h1-9H,18H2. The zero-order valence-electron chi connectivity index (χ0n) is 12.3. The fourth-order valence-corrected chi connectivity index (χ4v) is 4.26. The number of nitrogens with zero attached hydrogens (tertiary/aromatic N) is 2. The predicted octanol–water partition coefficient (Wildman–Crippen LogP) is 3.32. The maximum Gasteiger partial charge on any atom is 0.256 e. The molecule has 118 valence electrons. The van der Waals surface area contributed by atoms with Gasteiger partial charge in [-0.3, -0.25) is 14.2 Å². The van der Waals surface area contributed by atoms with Crippen molar-refractivity contribution in [2.24, 2.45) is 0 Å². The highest BCUT2D eigenvalue weighted by Gasteiger charge is 2.22. The number of nitrogens with two attached hydrogens (primary N) is 1. The molecular weight excluding hydrogens is 342 g/mol. The average molecular weight is 353 g/mol. The number of ketones is 1. The number of thiophene rings is 1. The Bertz CT molecular complexity index is 1100. The Kier molecular flexibility index (Phi) is 3.51. The van der Waals surface area contributed by atoms with E-state index in [2.05, 4.69) is 4.98 Å². The molecule has 7 heteroatoms. The van der Waals surface area contributed by atoms with Crippen molar-refractivity contribution in [2.45, 2.75) is 0 Å². The molecule has 0 aliphatic carbocycles. The van der Waals surface area contributed by atoms with Crippen LogP contribution in [0.4, 0.5) is 5.00 Å². The lowest BCUT2D eigenvalue weighted by Gasteiger charge is -2.06. The second-order valence-corrected chi connectivity index (χ2v) is 6.99. The van der Waals surface area contributed by atoms with E-state index in [1.807, 2.05) is 30.3 Å². The highest BCUT2D eigenvalue weighted by atomic mass is 32.1. The van der Waals surface area contributed by atoms with E-state index in [1.165, 1.54) is 28.7 Å². The molecular formula is C17H11N3O2S2. The van der Waals surface area contributed by atoms with Crippen molar-refractivity contribution in [2.75, 3.05) is 5.73 Å². The van der Waals surface area contributed by atoms with Gasteiger partial charge in [-0.1, -0.05) is 29.5 Å². The number of hydrogen-bond donors (Lipinski definition) is 1. The third-order valence-corrected chi connectivity index (χ3v) is 5.43. The predicted molar refractivity (Wildman–Crippen MR) is 97.4 cm³/mol. The first-order chi connectivity index (χ1) is 11.7. The van der Waals surface area contributed by atoms with Crippen LogP contribution in [0.1, 0.15) is 15.4 Å². The van der Waals surface area contributed by atoms with E-state index < -0.39 is 0 Å². The normalized spacial score (nSPS) is 11.0. The fourth-order valence-electron chi connectivity index (χ4n) is 2.60. The molecule has 0 aliphatic heterocycles. The van der Waals surface area contributed by atoms with Gasteiger partial charge in [0, 0.05) is 23.0 Å².